The molecule has 1 aromatic carbocycles. The van der Waals surface area contributed by atoms with E-state index in [1.807, 2.05) is 0 Å². The molecule has 0 bridgehead atoms. The molecule has 1 aromatic heterocycles. The second-order valence-corrected chi connectivity index (χ2v) is 10.5. The molecular formula is C21H26ClN3O3S. The first-order valence-corrected chi connectivity index (χ1v) is 12.3. The number of nitrogens with zero attached hydrogens (tertiary/aromatic N) is 3. The van der Waals surface area contributed by atoms with Gasteiger partial charge in [-0.25, -0.2) is 18.4 Å². The number of sulfone groups is 1. The van der Waals surface area contributed by atoms with Crippen LogP contribution in [-0.4, -0.2) is 44.3 Å². The summed E-state index contributed by atoms with van der Waals surface area (Å²) >= 11 is 5.87. The average Bonchev–Trinajstić information content (AvgIpc) is 3.48. The highest BCUT2D eigenvalue weighted by atomic mass is 35.5. The first kappa shape index (κ1) is 20.4. The summed E-state index contributed by atoms with van der Waals surface area (Å²) in [4.78, 5) is 11.2. The molecule has 8 heteroatoms. The van der Waals surface area contributed by atoms with Gasteiger partial charge in [0.1, 0.15) is 5.75 Å². The molecule has 6 nitrogen and oxygen atoms in total. The number of benzene rings is 1. The Morgan fingerprint density at radius 1 is 1.14 bits per heavy atom. The number of piperidine rings is 1. The van der Waals surface area contributed by atoms with Crippen LogP contribution < -0.4 is 9.64 Å². The maximum absolute atomic E-state index is 11.5. The highest BCUT2D eigenvalue weighted by Crippen LogP contribution is 2.49. The van der Waals surface area contributed by atoms with E-state index in [0.717, 1.165) is 49.0 Å². The molecule has 0 spiro atoms. The highest BCUT2D eigenvalue weighted by Gasteiger charge is 2.43. The Balaban J connectivity index is 1.18. The third-order valence-corrected chi connectivity index (χ3v) is 7.34. The van der Waals surface area contributed by atoms with Crippen LogP contribution >= 0.6 is 11.6 Å². The van der Waals surface area contributed by atoms with E-state index in [2.05, 4.69) is 14.9 Å². The molecule has 1 saturated heterocycles. The Labute approximate surface area is 177 Å². The van der Waals surface area contributed by atoms with Gasteiger partial charge in [0.25, 0.3) is 0 Å². The molecule has 29 heavy (non-hydrogen) atoms. The molecule has 1 aliphatic heterocycles. The van der Waals surface area contributed by atoms with Crippen LogP contribution in [0.25, 0.3) is 0 Å². The molecule has 2 heterocycles. The molecule has 0 amide bonds. The van der Waals surface area contributed by atoms with Gasteiger partial charge in [-0.3, -0.25) is 0 Å². The number of rotatable bonds is 7. The maximum atomic E-state index is 11.5. The lowest BCUT2D eigenvalue weighted by Gasteiger charge is -2.32. The van der Waals surface area contributed by atoms with Crippen LogP contribution in [0.4, 0.5) is 5.95 Å². The molecule has 1 saturated carbocycles. The van der Waals surface area contributed by atoms with Crippen molar-refractivity contribution in [2.24, 2.45) is 17.8 Å². The third kappa shape index (κ3) is 5.20. The number of hydrogen-bond acceptors (Lipinski definition) is 6. The van der Waals surface area contributed by atoms with Gasteiger partial charge in [-0.1, -0.05) is 11.6 Å². The minimum Gasteiger partial charge on any atom is -0.494 e. The SMILES string of the molecule is CS(=O)(=O)c1ccc(OCCC2CC2C2CCN(c3ncc(Cl)cn3)CC2)cc1. The van der Waals surface area contributed by atoms with Crippen LogP contribution in [0.2, 0.25) is 5.02 Å². The van der Waals surface area contributed by atoms with Crippen LogP contribution in [0.5, 0.6) is 5.75 Å². The van der Waals surface area contributed by atoms with Gasteiger partial charge in [0.2, 0.25) is 5.95 Å². The van der Waals surface area contributed by atoms with E-state index in [9.17, 15) is 8.42 Å². The fourth-order valence-corrected chi connectivity index (χ4v) is 5.02. The van der Waals surface area contributed by atoms with Gasteiger partial charge in [-0.15, -0.1) is 0 Å². The number of halogens is 1. The van der Waals surface area contributed by atoms with Crippen molar-refractivity contribution < 1.29 is 13.2 Å². The molecule has 1 aliphatic carbocycles. The molecule has 4 rings (SSSR count). The van der Waals surface area contributed by atoms with Crippen LogP contribution in [0.1, 0.15) is 25.7 Å². The van der Waals surface area contributed by atoms with Gasteiger partial charge in [-0.05, 0) is 67.7 Å². The summed E-state index contributed by atoms with van der Waals surface area (Å²) in [5.74, 6) is 3.83. The van der Waals surface area contributed by atoms with Crippen molar-refractivity contribution in [1.29, 1.82) is 0 Å². The minimum absolute atomic E-state index is 0.322. The second kappa shape index (κ2) is 8.48. The van der Waals surface area contributed by atoms with E-state index in [1.54, 1.807) is 36.7 Å². The Morgan fingerprint density at radius 3 is 2.41 bits per heavy atom. The number of hydrogen-bond donors (Lipinski definition) is 0. The monoisotopic (exact) mass is 435 g/mol. The summed E-state index contributed by atoms with van der Waals surface area (Å²) < 4.78 is 28.8. The van der Waals surface area contributed by atoms with Gasteiger partial charge in [0.05, 0.1) is 28.9 Å². The van der Waals surface area contributed by atoms with Gasteiger partial charge < -0.3 is 9.64 Å². The summed E-state index contributed by atoms with van der Waals surface area (Å²) in [6.45, 7) is 2.67. The minimum atomic E-state index is -3.16. The van der Waals surface area contributed by atoms with Crippen molar-refractivity contribution in [2.45, 2.75) is 30.6 Å². The number of aromatic nitrogens is 2. The van der Waals surface area contributed by atoms with E-state index >= 15 is 0 Å². The molecule has 0 radical (unpaired) electrons. The molecular weight excluding hydrogens is 410 g/mol. The summed E-state index contributed by atoms with van der Waals surface area (Å²) in [5, 5.41) is 0.568. The highest BCUT2D eigenvalue weighted by molar-refractivity contribution is 7.90. The fourth-order valence-electron chi connectivity index (χ4n) is 4.29. The lowest BCUT2D eigenvalue weighted by molar-refractivity contribution is 0.284. The van der Waals surface area contributed by atoms with E-state index in [1.165, 1.54) is 25.5 Å². The van der Waals surface area contributed by atoms with E-state index in [0.29, 0.717) is 16.5 Å². The molecule has 2 atom stereocenters. The van der Waals surface area contributed by atoms with E-state index in [4.69, 9.17) is 16.3 Å². The zero-order valence-corrected chi connectivity index (χ0v) is 18.1. The molecule has 156 valence electrons. The Bertz CT molecular complexity index is 927. The zero-order valence-electron chi connectivity index (χ0n) is 16.5. The third-order valence-electron chi connectivity index (χ3n) is 6.02. The molecule has 0 N–H and O–H groups in total. The predicted molar refractivity (Wildman–Crippen MR) is 113 cm³/mol. The lowest BCUT2D eigenvalue weighted by Crippen LogP contribution is -2.35. The first-order chi connectivity index (χ1) is 13.9. The van der Waals surface area contributed by atoms with Crippen molar-refractivity contribution in [3.63, 3.8) is 0 Å². The van der Waals surface area contributed by atoms with Crippen molar-refractivity contribution in [2.75, 3.05) is 30.9 Å². The quantitative estimate of drug-likeness (QED) is 0.657. The van der Waals surface area contributed by atoms with Gasteiger partial charge in [0.15, 0.2) is 9.84 Å². The van der Waals surface area contributed by atoms with Crippen molar-refractivity contribution in [1.82, 2.24) is 9.97 Å². The summed E-state index contributed by atoms with van der Waals surface area (Å²) in [6.07, 6.45) is 9.23. The summed E-state index contributed by atoms with van der Waals surface area (Å²) in [7, 11) is -3.16. The largest absolute Gasteiger partial charge is 0.494 e. The number of ether oxygens (including phenoxy) is 1. The Morgan fingerprint density at radius 2 is 1.79 bits per heavy atom. The normalized spacial score (nSPS) is 22.5. The Hall–Kier alpha value is -1.86. The van der Waals surface area contributed by atoms with E-state index in [-0.39, 0.29) is 0 Å². The molecule has 2 unspecified atom stereocenters. The van der Waals surface area contributed by atoms with Gasteiger partial charge in [-0.2, -0.15) is 0 Å². The maximum Gasteiger partial charge on any atom is 0.225 e. The van der Waals surface area contributed by atoms with Crippen LogP contribution in [0.15, 0.2) is 41.6 Å². The van der Waals surface area contributed by atoms with Crippen molar-refractivity contribution in [3.8, 4) is 5.75 Å². The van der Waals surface area contributed by atoms with Crippen molar-refractivity contribution >= 4 is 27.4 Å². The van der Waals surface area contributed by atoms with E-state index < -0.39 is 9.84 Å². The number of anilines is 1. The van der Waals surface area contributed by atoms with Crippen LogP contribution in [0, 0.1) is 17.8 Å². The molecule has 2 aliphatic rings. The fraction of sp³-hybridized carbons (Fsp3) is 0.524. The topological polar surface area (TPSA) is 72.4 Å². The first-order valence-electron chi connectivity index (χ1n) is 10.1. The van der Waals surface area contributed by atoms with Crippen LogP contribution in [-0.2, 0) is 9.84 Å². The summed E-state index contributed by atoms with van der Waals surface area (Å²) in [6, 6.07) is 6.66. The predicted octanol–water partition coefficient (Wildman–Crippen LogP) is 3.86. The summed E-state index contributed by atoms with van der Waals surface area (Å²) in [5.41, 5.74) is 0. The van der Waals surface area contributed by atoms with Gasteiger partial charge in [0, 0.05) is 19.3 Å². The average molecular weight is 436 g/mol. The van der Waals surface area contributed by atoms with Gasteiger partial charge >= 0.3 is 0 Å². The molecule has 2 fully saturated rings. The molecule has 2 aromatic rings. The lowest BCUT2D eigenvalue weighted by atomic mass is 9.90. The standard InChI is InChI=1S/C21H26ClN3O3S/c1-29(26,27)19-4-2-18(3-5-19)28-11-8-16-12-20(16)15-6-9-25(10-7-15)21-23-13-17(22)14-24-21/h2-5,13-16,20H,6-12H2,1H3. The zero-order chi connectivity index (χ0) is 20.4. The van der Waals surface area contributed by atoms with Crippen LogP contribution in [0.3, 0.4) is 0 Å². The van der Waals surface area contributed by atoms with Crippen molar-refractivity contribution in [3.05, 3.63) is 41.7 Å². The smallest absolute Gasteiger partial charge is 0.225 e. The Kier molecular flexibility index (Phi) is 5.97. The second-order valence-electron chi connectivity index (χ2n) is 8.07.